The summed E-state index contributed by atoms with van der Waals surface area (Å²) in [5, 5.41) is 19.5. The van der Waals surface area contributed by atoms with E-state index in [4.69, 9.17) is 4.74 Å². The molecule has 1 aliphatic rings. The number of likely N-dealkylation sites (tertiary alicyclic amines) is 1. The number of aliphatic hydroxyl groups excluding tert-OH is 1. The fourth-order valence-corrected chi connectivity index (χ4v) is 3.08. The van der Waals surface area contributed by atoms with Crippen LogP contribution < -0.4 is 4.74 Å². The van der Waals surface area contributed by atoms with Crippen LogP contribution in [0.1, 0.15) is 28.8 Å². The van der Waals surface area contributed by atoms with E-state index >= 15 is 0 Å². The van der Waals surface area contributed by atoms with Gasteiger partial charge in [0.15, 0.2) is 0 Å². The first-order valence-electron chi connectivity index (χ1n) is 8.46. The molecule has 1 amide bonds. The Labute approximate surface area is 147 Å². The number of rotatable bonds is 4. The van der Waals surface area contributed by atoms with E-state index in [1.165, 1.54) is 0 Å². The molecule has 0 bridgehead atoms. The Kier molecular flexibility index (Phi) is 5.06. The van der Waals surface area contributed by atoms with Crippen LogP contribution in [-0.2, 0) is 0 Å². The molecule has 1 heterocycles. The number of hydrogen-bond acceptors (Lipinski definition) is 4. The maximum atomic E-state index is 12.6. The quantitative estimate of drug-likeness (QED) is 0.897. The highest BCUT2D eigenvalue weighted by molar-refractivity contribution is 5.94. The predicted octanol–water partition coefficient (Wildman–Crippen LogP) is 2.75. The van der Waals surface area contributed by atoms with Crippen LogP contribution in [0.2, 0.25) is 0 Å². The second kappa shape index (κ2) is 7.25. The first-order valence-corrected chi connectivity index (χ1v) is 8.46. The highest BCUT2D eigenvalue weighted by Crippen LogP contribution is 2.25. The highest BCUT2D eigenvalue weighted by atomic mass is 16.5. The fraction of sp³-hybridized carbons (Fsp3) is 0.350. The number of ether oxygens (including phenoxy) is 1. The molecule has 0 saturated carbocycles. The number of amides is 1. The van der Waals surface area contributed by atoms with E-state index < -0.39 is 5.60 Å². The summed E-state index contributed by atoms with van der Waals surface area (Å²) >= 11 is 0. The third kappa shape index (κ3) is 4.18. The number of aryl methyl sites for hydroxylation is 1. The van der Waals surface area contributed by atoms with Crippen LogP contribution in [0.25, 0.3) is 0 Å². The largest absolute Gasteiger partial charge is 0.457 e. The number of carbonyl (C=O) groups is 1. The van der Waals surface area contributed by atoms with Gasteiger partial charge in [-0.15, -0.1) is 0 Å². The monoisotopic (exact) mass is 341 g/mol. The van der Waals surface area contributed by atoms with Crippen LogP contribution in [-0.4, -0.2) is 46.3 Å². The molecule has 0 radical (unpaired) electrons. The van der Waals surface area contributed by atoms with Crippen molar-refractivity contribution in [2.45, 2.75) is 25.4 Å². The number of aliphatic hydroxyl groups is 2. The molecule has 132 valence electrons. The van der Waals surface area contributed by atoms with Crippen molar-refractivity contribution in [2.75, 3.05) is 19.7 Å². The van der Waals surface area contributed by atoms with E-state index in [9.17, 15) is 15.0 Å². The third-order valence-electron chi connectivity index (χ3n) is 4.46. The number of piperidine rings is 1. The van der Waals surface area contributed by atoms with Crippen molar-refractivity contribution >= 4 is 5.91 Å². The van der Waals surface area contributed by atoms with Gasteiger partial charge in [0.25, 0.3) is 5.91 Å². The van der Waals surface area contributed by atoms with Crippen molar-refractivity contribution in [2.24, 2.45) is 0 Å². The van der Waals surface area contributed by atoms with E-state index in [0.717, 1.165) is 11.3 Å². The molecule has 3 rings (SSSR count). The van der Waals surface area contributed by atoms with Gasteiger partial charge >= 0.3 is 0 Å². The smallest absolute Gasteiger partial charge is 0.253 e. The Morgan fingerprint density at radius 3 is 2.64 bits per heavy atom. The molecule has 5 heteroatoms. The molecule has 2 aromatic rings. The van der Waals surface area contributed by atoms with Crippen LogP contribution in [0, 0.1) is 6.92 Å². The summed E-state index contributed by atoms with van der Waals surface area (Å²) in [6.07, 6.45) is 1.19. The Morgan fingerprint density at radius 2 is 1.96 bits per heavy atom. The molecule has 2 aromatic carbocycles. The zero-order valence-corrected chi connectivity index (χ0v) is 14.3. The topological polar surface area (TPSA) is 70.0 Å². The normalized spacial score (nSPS) is 20.4. The van der Waals surface area contributed by atoms with Gasteiger partial charge in [0.1, 0.15) is 17.1 Å². The Balaban J connectivity index is 1.68. The summed E-state index contributed by atoms with van der Waals surface area (Å²) in [5.41, 5.74) is 0.465. The Bertz CT molecular complexity index is 744. The standard InChI is InChI=1S/C20H23NO4/c1-15-4-2-5-18(12-15)25-17-8-6-16(7-9-17)19(23)21-11-3-10-20(24,13-21)14-22/h2,4-9,12,22,24H,3,10-11,13-14H2,1H3. The van der Waals surface area contributed by atoms with Crippen molar-refractivity contribution in [3.05, 3.63) is 59.7 Å². The van der Waals surface area contributed by atoms with Crippen molar-refractivity contribution < 1.29 is 19.7 Å². The van der Waals surface area contributed by atoms with Gasteiger partial charge in [-0.3, -0.25) is 4.79 Å². The van der Waals surface area contributed by atoms with Gasteiger partial charge in [-0.05, 0) is 61.7 Å². The van der Waals surface area contributed by atoms with Crippen LogP contribution in [0.3, 0.4) is 0 Å². The maximum absolute atomic E-state index is 12.6. The van der Waals surface area contributed by atoms with Crippen molar-refractivity contribution in [3.63, 3.8) is 0 Å². The predicted molar refractivity (Wildman–Crippen MR) is 94.9 cm³/mol. The molecule has 1 unspecified atom stereocenters. The second-order valence-corrected chi connectivity index (χ2v) is 6.66. The molecule has 0 aliphatic carbocycles. The minimum atomic E-state index is -1.19. The lowest BCUT2D eigenvalue weighted by molar-refractivity contribution is -0.0598. The maximum Gasteiger partial charge on any atom is 0.253 e. The summed E-state index contributed by atoms with van der Waals surface area (Å²) in [6, 6.07) is 14.7. The fourth-order valence-electron chi connectivity index (χ4n) is 3.08. The van der Waals surface area contributed by atoms with Crippen LogP contribution in [0.5, 0.6) is 11.5 Å². The number of nitrogens with zero attached hydrogens (tertiary/aromatic N) is 1. The molecule has 1 fully saturated rings. The summed E-state index contributed by atoms with van der Waals surface area (Å²) in [5.74, 6) is 1.27. The molecule has 1 aliphatic heterocycles. The van der Waals surface area contributed by atoms with Crippen molar-refractivity contribution in [3.8, 4) is 11.5 Å². The zero-order chi connectivity index (χ0) is 17.9. The number of carbonyl (C=O) groups excluding carboxylic acids is 1. The van der Waals surface area contributed by atoms with E-state index in [1.807, 2.05) is 31.2 Å². The van der Waals surface area contributed by atoms with Crippen molar-refractivity contribution in [1.29, 1.82) is 0 Å². The van der Waals surface area contributed by atoms with Crippen LogP contribution in [0.15, 0.2) is 48.5 Å². The minimum Gasteiger partial charge on any atom is -0.457 e. The Hall–Kier alpha value is -2.37. The zero-order valence-electron chi connectivity index (χ0n) is 14.3. The first-order chi connectivity index (χ1) is 12.0. The van der Waals surface area contributed by atoms with Crippen LogP contribution in [0.4, 0.5) is 0 Å². The third-order valence-corrected chi connectivity index (χ3v) is 4.46. The molecule has 25 heavy (non-hydrogen) atoms. The minimum absolute atomic E-state index is 0.145. The molecular weight excluding hydrogens is 318 g/mol. The second-order valence-electron chi connectivity index (χ2n) is 6.66. The lowest BCUT2D eigenvalue weighted by Crippen LogP contribution is -2.52. The number of β-amino-alcohol motifs (C(OH)–C–C–N with tert-alkyl or cyclic N) is 1. The van der Waals surface area contributed by atoms with Gasteiger partial charge in [0, 0.05) is 12.1 Å². The lowest BCUT2D eigenvalue weighted by Gasteiger charge is -2.38. The van der Waals surface area contributed by atoms with Crippen molar-refractivity contribution in [1.82, 2.24) is 4.90 Å². The summed E-state index contributed by atoms with van der Waals surface area (Å²) in [7, 11) is 0. The van der Waals surface area contributed by atoms with Gasteiger partial charge in [-0.1, -0.05) is 12.1 Å². The molecule has 2 N–H and O–H groups in total. The summed E-state index contributed by atoms with van der Waals surface area (Å²) < 4.78 is 5.79. The summed E-state index contributed by atoms with van der Waals surface area (Å²) in [4.78, 5) is 14.2. The summed E-state index contributed by atoms with van der Waals surface area (Å²) in [6.45, 7) is 2.41. The molecule has 1 saturated heterocycles. The highest BCUT2D eigenvalue weighted by Gasteiger charge is 2.34. The van der Waals surface area contributed by atoms with Gasteiger partial charge in [-0.2, -0.15) is 0 Å². The number of benzene rings is 2. The molecule has 0 spiro atoms. The Morgan fingerprint density at radius 1 is 1.20 bits per heavy atom. The van der Waals surface area contributed by atoms with Gasteiger partial charge in [0.05, 0.1) is 13.2 Å². The lowest BCUT2D eigenvalue weighted by atomic mass is 9.93. The molecule has 0 aromatic heterocycles. The van der Waals surface area contributed by atoms with Gasteiger partial charge in [0.2, 0.25) is 0 Å². The van der Waals surface area contributed by atoms with E-state index in [0.29, 0.717) is 30.7 Å². The van der Waals surface area contributed by atoms with E-state index in [-0.39, 0.29) is 19.1 Å². The molecule has 5 nitrogen and oxygen atoms in total. The average Bonchev–Trinajstić information content (AvgIpc) is 2.62. The molecular formula is C20H23NO4. The number of hydrogen-bond donors (Lipinski definition) is 2. The van der Waals surface area contributed by atoms with Gasteiger partial charge < -0.3 is 19.8 Å². The SMILES string of the molecule is Cc1cccc(Oc2ccc(C(=O)N3CCCC(O)(CO)C3)cc2)c1. The van der Waals surface area contributed by atoms with E-state index in [2.05, 4.69) is 0 Å². The van der Waals surface area contributed by atoms with Gasteiger partial charge in [-0.25, -0.2) is 0 Å². The van der Waals surface area contributed by atoms with Crippen LogP contribution >= 0.6 is 0 Å². The van der Waals surface area contributed by atoms with E-state index in [1.54, 1.807) is 29.2 Å². The molecule has 1 atom stereocenters. The average molecular weight is 341 g/mol. The first kappa shape index (κ1) is 17.5.